The maximum Gasteiger partial charge on any atom is 0.314 e. The number of carbonyl (C=O) groups is 1. The zero-order chi connectivity index (χ0) is 10.6. The van der Waals surface area contributed by atoms with E-state index in [2.05, 4.69) is 6.58 Å². The molecule has 0 aliphatic carbocycles. The van der Waals surface area contributed by atoms with Gasteiger partial charge in [0.15, 0.2) is 0 Å². The van der Waals surface area contributed by atoms with Crippen molar-refractivity contribution in [3.8, 4) is 0 Å². The van der Waals surface area contributed by atoms with Gasteiger partial charge in [0.25, 0.3) is 0 Å². The molecule has 0 heterocycles. The molecule has 0 aromatic heterocycles. The number of benzene rings is 1. The summed E-state index contributed by atoms with van der Waals surface area (Å²) in [4.78, 5) is 11.2. The van der Waals surface area contributed by atoms with E-state index in [1.165, 1.54) is 0 Å². The lowest BCUT2D eigenvalue weighted by atomic mass is 9.80. The van der Waals surface area contributed by atoms with Crippen molar-refractivity contribution in [2.24, 2.45) is 0 Å². The van der Waals surface area contributed by atoms with E-state index in [0.717, 1.165) is 5.56 Å². The van der Waals surface area contributed by atoms with Crippen LogP contribution in [0.1, 0.15) is 18.9 Å². The SMILES string of the molecule is C=CCC(C)(C(=O)O)c1ccccc1. The molecule has 2 nitrogen and oxygen atoms in total. The van der Waals surface area contributed by atoms with Crippen LogP contribution in [0, 0.1) is 0 Å². The Bertz CT molecular complexity index is 329. The number of carboxylic acid groups (broad SMARTS) is 1. The van der Waals surface area contributed by atoms with Crippen LogP contribution in [0.15, 0.2) is 43.0 Å². The van der Waals surface area contributed by atoms with Crippen molar-refractivity contribution in [3.63, 3.8) is 0 Å². The van der Waals surface area contributed by atoms with Crippen molar-refractivity contribution in [1.82, 2.24) is 0 Å². The quantitative estimate of drug-likeness (QED) is 0.741. The van der Waals surface area contributed by atoms with Crippen LogP contribution in [0.25, 0.3) is 0 Å². The van der Waals surface area contributed by atoms with E-state index in [9.17, 15) is 4.79 Å². The first-order valence-corrected chi connectivity index (χ1v) is 4.51. The largest absolute Gasteiger partial charge is 0.481 e. The summed E-state index contributed by atoms with van der Waals surface area (Å²) in [5.74, 6) is -0.816. The van der Waals surface area contributed by atoms with E-state index in [-0.39, 0.29) is 0 Å². The van der Waals surface area contributed by atoms with E-state index in [0.29, 0.717) is 6.42 Å². The second-order valence-electron chi connectivity index (χ2n) is 3.50. The van der Waals surface area contributed by atoms with Gasteiger partial charge in [-0.25, -0.2) is 0 Å². The number of hydrogen-bond acceptors (Lipinski definition) is 1. The van der Waals surface area contributed by atoms with Gasteiger partial charge in [0.05, 0.1) is 5.41 Å². The van der Waals surface area contributed by atoms with E-state index in [4.69, 9.17) is 5.11 Å². The summed E-state index contributed by atoms with van der Waals surface area (Å²) in [6.45, 7) is 5.30. The number of hydrogen-bond donors (Lipinski definition) is 1. The van der Waals surface area contributed by atoms with Crippen LogP contribution in [-0.4, -0.2) is 11.1 Å². The zero-order valence-electron chi connectivity index (χ0n) is 8.23. The predicted molar refractivity (Wildman–Crippen MR) is 56.2 cm³/mol. The van der Waals surface area contributed by atoms with Gasteiger partial charge in [0, 0.05) is 0 Å². The van der Waals surface area contributed by atoms with Gasteiger partial charge >= 0.3 is 5.97 Å². The van der Waals surface area contributed by atoms with Gasteiger partial charge in [-0.15, -0.1) is 6.58 Å². The Labute approximate surface area is 83.9 Å². The van der Waals surface area contributed by atoms with E-state index in [1.54, 1.807) is 13.0 Å². The summed E-state index contributed by atoms with van der Waals surface area (Å²) in [5, 5.41) is 9.17. The summed E-state index contributed by atoms with van der Waals surface area (Å²) in [5.41, 5.74) is -0.0457. The molecule has 14 heavy (non-hydrogen) atoms. The summed E-state index contributed by atoms with van der Waals surface area (Å²) < 4.78 is 0. The fraction of sp³-hybridized carbons (Fsp3) is 0.250. The molecule has 0 radical (unpaired) electrons. The minimum atomic E-state index is -0.858. The Kier molecular flexibility index (Phi) is 3.07. The molecule has 0 bridgehead atoms. The Hall–Kier alpha value is -1.57. The summed E-state index contributed by atoms with van der Waals surface area (Å²) in [6, 6.07) is 9.23. The maximum absolute atomic E-state index is 11.2. The molecule has 0 saturated carbocycles. The minimum absolute atomic E-state index is 0.437. The monoisotopic (exact) mass is 190 g/mol. The third-order valence-electron chi connectivity index (χ3n) is 2.44. The lowest BCUT2D eigenvalue weighted by Crippen LogP contribution is -2.31. The third kappa shape index (κ3) is 1.84. The van der Waals surface area contributed by atoms with Crippen molar-refractivity contribution in [2.45, 2.75) is 18.8 Å². The van der Waals surface area contributed by atoms with Gasteiger partial charge in [0.1, 0.15) is 0 Å². The predicted octanol–water partition coefficient (Wildman–Crippen LogP) is 2.61. The van der Waals surface area contributed by atoms with E-state index < -0.39 is 11.4 Å². The first-order chi connectivity index (χ1) is 6.61. The third-order valence-corrected chi connectivity index (χ3v) is 2.44. The van der Waals surface area contributed by atoms with Gasteiger partial charge in [-0.1, -0.05) is 36.4 Å². The average Bonchev–Trinajstić information content (AvgIpc) is 2.19. The summed E-state index contributed by atoms with van der Waals surface area (Å²) in [7, 11) is 0. The molecule has 0 saturated heterocycles. The van der Waals surface area contributed by atoms with Crippen LogP contribution in [0.2, 0.25) is 0 Å². The molecule has 1 atom stereocenters. The molecule has 1 rings (SSSR count). The molecule has 0 fully saturated rings. The standard InChI is InChI=1S/C12H14O2/c1-3-9-12(2,11(13)14)10-7-5-4-6-8-10/h3-8H,1,9H2,2H3,(H,13,14). The maximum atomic E-state index is 11.2. The molecule has 2 heteroatoms. The normalized spacial score (nSPS) is 14.4. The summed E-state index contributed by atoms with van der Waals surface area (Å²) in [6.07, 6.45) is 2.08. The second kappa shape index (κ2) is 4.09. The van der Waals surface area contributed by atoms with Crippen molar-refractivity contribution in [2.75, 3.05) is 0 Å². The molecule has 1 unspecified atom stereocenters. The molecule has 1 aromatic carbocycles. The van der Waals surface area contributed by atoms with Gasteiger partial charge in [-0.3, -0.25) is 4.79 Å². The van der Waals surface area contributed by atoms with Crippen LogP contribution < -0.4 is 0 Å². The Balaban J connectivity index is 3.12. The fourth-order valence-electron chi connectivity index (χ4n) is 1.42. The smallest absolute Gasteiger partial charge is 0.314 e. The van der Waals surface area contributed by atoms with Gasteiger partial charge in [0.2, 0.25) is 0 Å². The van der Waals surface area contributed by atoms with Crippen molar-refractivity contribution in [3.05, 3.63) is 48.6 Å². The zero-order valence-corrected chi connectivity index (χ0v) is 8.23. The van der Waals surface area contributed by atoms with Crippen LogP contribution >= 0.6 is 0 Å². The average molecular weight is 190 g/mol. The van der Waals surface area contributed by atoms with Gasteiger partial charge in [-0.05, 0) is 18.9 Å². The number of carboxylic acids is 1. The second-order valence-corrected chi connectivity index (χ2v) is 3.50. The van der Waals surface area contributed by atoms with E-state index >= 15 is 0 Å². The molecule has 0 amide bonds. The highest BCUT2D eigenvalue weighted by Gasteiger charge is 2.33. The van der Waals surface area contributed by atoms with Crippen LogP contribution in [0.4, 0.5) is 0 Å². The first kappa shape index (κ1) is 10.5. The molecular formula is C12H14O2. The lowest BCUT2D eigenvalue weighted by Gasteiger charge is -2.23. The molecule has 0 spiro atoms. The first-order valence-electron chi connectivity index (χ1n) is 4.51. The Morgan fingerprint density at radius 3 is 2.50 bits per heavy atom. The highest BCUT2D eigenvalue weighted by atomic mass is 16.4. The molecule has 1 N–H and O–H groups in total. The highest BCUT2D eigenvalue weighted by molar-refractivity contribution is 5.81. The van der Waals surface area contributed by atoms with Gasteiger partial charge in [-0.2, -0.15) is 0 Å². The van der Waals surface area contributed by atoms with Crippen LogP contribution in [-0.2, 0) is 10.2 Å². The topological polar surface area (TPSA) is 37.3 Å². The highest BCUT2D eigenvalue weighted by Crippen LogP contribution is 2.27. The Morgan fingerprint density at radius 2 is 2.07 bits per heavy atom. The van der Waals surface area contributed by atoms with Crippen LogP contribution in [0.3, 0.4) is 0 Å². The fourth-order valence-corrected chi connectivity index (χ4v) is 1.42. The van der Waals surface area contributed by atoms with Crippen molar-refractivity contribution >= 4 is 5.97 Å². The van der Waals surface area contributed by atoms with E-state index in [1.807, 2.05) is 30.3 Å². The molecule has 0 aliphatic rings. The molecular weight excluding hydrogens is 176 g/mol. The minimum Gasteiger partial charge on any atom is -0.481 e. The molecule has 0 aliphatic heterocycles. The lowest BCUT2D eigenvalue weighted by molar-refractivity contribution is -0.143. The number of allylic oxidation sites excluding steroid dienone is 1. The summed E-state index contributed by atoms with van der Waals surface area (Å²) >= 11 is 0. The number of rotatable bonds is 4. The number of aliphatic carboxylic acids is 1. The van der Waals surface area contributed by atoms with Gasteiger partial charge < -0.3 is 5.11 Å². The van der Waals surface area contributed by atoms with Crippen molar-refractivity contribution < 1.29 is 9.90 Å². The van der Waals surface area contributed by atoms with Crippen molar-refractivity contribution in [1.29, 1.82) is 0 Å². The molecule has 74 valence electrons. The molecule has 1 aromatic rings. The Morgan fingerprint density at radius 1 is 1.50 bits per heavy atom. The van der Waals surface area contributed by atoms with Crippen LogP contribution in [0.5, 0.6) is 0 Å².